The summed E-state index contributed by atoms with van der Waals surface area (Å²) in [6.45, 7) is 5.80. The zero-order valence-corrected chi connectivity index (χ0v) is 12.7. The normalized spacial score (nSPS) is 28.4. The SMILES string of the molecule is COCCN(C(C)C)C1(CN)CCC(C(F)(F)F)CC1. The van der Waals surface area contributed by atoms with Gasteiger partial charge in [0.1, 0.15) is 0 Å². The number of alkyl halides is 3. The Bertz CT molecular complexity index is 287. The van der Waals surface area contributed by atoms with E-state index < -0.39 is 12.1 Å². The monoisotopic (exact) mass is 296 g/mol. The molecule has 0 spiro atoms. The molecule has 20 heavy (non-hydrogen) atoms. The van der Waals surface area contributed by atoms with Crippen LogP contribution in [0.1, 0.15) is 39.5 Å². The fraction of sp³-hybridized carbons (Fsp3) is 1.00. The van der Waals surface area contributed by atoms with Crippen LogP contribution in [0.25, 0.3) is 0 Å². The van der Waals surface area contributed by atoms with Gasteiger partial charge in [-0.3, -0.25) is 4.90 Å². The Kier molecular flexibility index (Phi) is 6.28. The zero-order chi connectivity index (χ0) is 15.4. The first-order valence-corrected chi connectivity index (χ1v) is 7.29. The molecular formula is C14H27F3N2O. The van der Waals surface area contributed by atoms with E-state index in [4.69, 9.17) is 10.5 Å². The van der Waals surface area contributed by atoms with E-state index in [-0.39, 0.29) is 24.4 Å². The first-order valence-electron chi connectivity index (χ1n) is 7.29. The molecule has 2 N–H and O–H groups in total. The number of halogens is 3. The third kappa shape index (κ3) is 4.09. The Hall–Kier alpha value is -0.330. The quantitative estimate of drug-likeness (QED) is 0.819. The Labute approximate surface area is 119 Å². The number of rotatable bonds is 6. The van der Waals surface area contributed by atoms with Crippen molar-refractivity contribution in [1.29, 1.82) is 0 Å². The average molecular weight is 296 g/mol. The van der Waals surface area contributed by atoms with E-state index in [1.165, 1.54) is 0 Å². The number of hydrogen-bond acceptors (Lipinski definition) is 3. The number of methoxy groups -OCH3 is 1. The zero-order valence-electron chi connectivity index (χ0n) is 12.7. The van der Waals surface area contributed by atoms with Crippen LogP contribution in [0, 0.1) is 5.92 Å². The molecule has 0 aromatic heterocycles. The Morgan fingerprint density at radius 3 is 2.20 bits per heavy atom. The third-order valence-electron chi connectivity index (χ3n) is 4.53. The molecule has 3 nitrogen and oxygen atoms in total. The standard InChI is InChI=1S/C14H27F3N2O/c1-11(2)19(8-9-20-3)13(10-18)6-4-12(5-7-13)14(15,16)17/h11-12H,4-10,18H2,1-3H3. The van der Waals surface area contributed by atoms with Gasteiger partial charge in [-0.1, -0.05) is 0 Å². The van der Waals surface area contributed by atoms with E-state index in [1.807, 2.05) is 0 Å². The molecule has 0 heterocycles. The summed E-state index contributed by atoms with van der Waals surface area (Å²) in [6, 6.07) is 0.246. The van der Waals surface area contributed by atoms with Crippen LogP contribution in [0.5, 0.6) is 0 Å². The molecule has 0 amide bonds. The molecule has 0 aliphatic heterocycles. The van der Waals surface area contributed by atoms with Gasteiger partial charge < -0.3 is 10.5 Å². The van der Waals surface area contributed by atoms with Crippen LogP contribution in [-0.4, -0.2) is 49.5 Å². The summed E-state index contributed by atoms with van der Waals surface area (Å²) < 4.78 is 43.5. The number of ether oxygens (including phenoxy) is 1. The molecule has 1 saturated carbocycles. The van der Waals surface area contributed by atoms with Crippen molar-refractivity contribution >= 4 is 0 Å². The van der Waals surface area contributed by atoms with E-state index in [0.717, 1.165) is 0 Å². The molecule has 0 radical (unpaired) electrons. The molecule has 0 atom stereocenters. The summed E-state index contributed by atoms with van der Waals surface area (Å²) in [7, 11) is 1.63. The Morgan fingerprint density at radius 2 is 1.85 bits per heavy atom. The van der Waals surface area contributed by atoms with Crippen LogP contribution < -0.4 is 5.73 Å². The van der Waals surface area contributed by atoms with Crippen molar-refractivity contribution in [3.05, 3.63) is 0 Å². The maximum atomic E-state index is 12.8. The minimum Gasteiger partial charge on any atom is -0.383 e. The fourth-order valence-electron chi connectivity index (χ4n) is 3.32. The highest BCUT2D eigenvalue weighted by atomic mass is 19.4. The highest BCUT2D eigenvalue weighted by Crippen LogP contribution is 2.43. The molecular weight excluding hydrogens is 269 g/mol. The summed E-state index contributed by atoms with van der Waals surface area (Å²) in [5, 5.41) is 0. The highest BCUT2D eigenvalue weighted by molar-refractivity contribution is 4.98. The van der Waals surface area contributed by atoms with E-state index >= 15 is 0 Å². The summed E-state index contributed by atoms with van der Waals surface area (Å²) in [4.78, 5) is 2.23. The maximum Gasteiger partial charge on any atom is 0.391 e. The summed E-state index contributed by atoms with van der Waals surface area (Å²) in [5.74, 6) is -1.17. The van der Waals surface area contributed by atoms with Gasteiger partial charge in [0.2, 0.25) is 0 Å². The predicted octanol–water partition coefficient (Wildman–Crippen LogP) is 2.79. The van der Waals surface area contributed by atoms with Crippen molar-refractivity contribution in [1.82, 2.24) is 4.90 Å². The second-order valence-corrected chi connectivity index (χ2v) is 6.02. The predicted molar refractivity (Wildman–Crippen MR) is 73.5 cm³/mol. The first kappa shape index (κ1) is 17.7. The summed E-state index contributed by atoms with van der Waals surface area (Å²) in [6.07, 6.45) is -2.70. The summed E-state index contributed by atoms with van der Waals surface area (Å²) >= 11 is 0. The third-order valence-corrected chi connectivity index (χ3v) is 4.53. The van der Waals surface area contributed by atoms with Gasteiger partial charge in [-0.2, -0.15) is 13.2 Å². The van der Waals surface area contributed by atoms with Crippen LogP contribution in [0.3, 0.4) is 0 Å². The average Bonchev–Trinajstić information content (AvgIpc) is 2.38. The highest BCUT2D eigenvalue weighted by Gasteiger charge is 2.47. The molecule has 0 aromatic carbocycles. The first-order chi connectivity index (χ1) is 9.27. The second kappa shape index (κ2) is 7.09. The molecule has 120 valence electrons. The molecule has 1 fully saturated rings. The Balaban J connectivity index is 2.77. The number of hydrogen-bond donors (Lipinski definition) is 1. The van der Waals surface area contributed by atoms with Crippen LogP contribution in [-0.2, 0) is 4.74 Å². The topological polar surface area (TPSA) is 38.5 Å². The van der Waals surface area contributed by atoms with Crippen LogP contribution >= 0.6 is 0 Å². The van der Waals surface area contributed by atoms with E-state index in [2.05, 4.69) is 18.7 Å². The smallest absolute Gasteiger partial charge is 0.383 e. The number of nitrogens with two attached hydrogens (primary N) is 1. The van der Waals surface area contributed by atoms with Gasteiger partial charge in [-0.05, 0) is 39.5 Å². The molecule has 0 aromatic rings. The minimum absolute atomic E-state index is 0.177. The van der Waals surface area contributed by atoms with Crippen molar-refractivity contribution in [2.24, 2.45) is 11.7 Å². The van der Waals surface area contributed by atoms with Crippen molar-refractivity contribution in [2.75, 3.05) is 26.8 Å². The van der Waals surface area contributed by atoms with Gasteiger partial charge in [0.05, 0.1) is 12.5 Å². The lowest BCUT2D eigenvalue weighted by atomic mass is 9.74. The van der Waals surface area contributed by atoms with Crippen LogP contribution in [0.4, 0.5) is 13.2 Å². The van der Waals surface area contributed by atoms with E-state index in [0.29, 0.717) is 32.5 Å². The molecule has 1 rings (SSSR count). The largest absolute Gasteiger partial charge is 0.391 e. The summed E-state index contributed by atoms with van der Waals surface area (Å²) in [5.41, 5.74) is 5.63. The van der Waals surface area contributed by atoms with Gasteiger partial charge in [-0.15, -0.1) is 0 Å². The lowest BCUT2D eigenvalue weighted by Crippen LogP contribution is -2.59. The Morgan fingerprint density at radius 1 is 1.30 bits per heavy atom. The van der Waals surface area contributed by atoms with Gasteiger partial charge in [-0.25, -0.2) is 0 Å². The number of nitrogens with zero attached hydrogens (tertiary/aromatic N) is 1. The fourth-order valence-corrected chi connectivity index (χ4v) is 3.32. The van der Waals surface area contributed by atoms with E-state index in [9.17, 15) is 13.2 Å². The molecule has 0 unspecified atom stereocenters. The van der Waals surface area contributed by atoms with Crippen LogP contribution in [0.15, 0.2) is 0 Å². The second-order valence-electron chi connectivity index (χ2n) is 6.02. The molecule has 0 saturated heterocycles. The van der Waals surface area contributed by atoms with Crippen molar-refractivity contribution in [3.63, 3.8) is 0 Å². The van der Waals surface area contributed by atoms with Crippen molar-refractivity contribution < 1.29 is 17.9 Å². The molecule has 6 heteroatoms. The molecule has 0 bridgehead atoms. The van der Waals surface area contributed by atoms with Gasteiger partial charge in [0.25, 0.3) is 0 Å². The maximum absolute atomic E-state index is 12.8. The van der Waals surface area contributed by atoms with Gasteiger partial charge in [0, 0.05) is 31.8 Å². The lowest BCUT2D eigenvalue weighted by Gasteiger charge is -2.49. The van der Waals surface area contributed by atoms with E-state index in [1.54, 1.807) is 7.11 Å². The van der Waals surface area contributed by atoms with Crippen LogP contribution in [0.2, 0.25) is 0 Å². The minimum atomic E-state index is -4.07. The van der Waals surface area contributed by atoms with Crippen molar-refractivity contribution in [3.8, 4) is 0 Å². The van der Waals surface area contributed by atoms with Gasteiger partial charge in [0.15, 0.2) is 0 Å². The lowest BCUT2D eigenvalue weighted by molar-refractivity contribution is -0.189. The molecule has 1 aliphatic rings. The molecule has 1 aliphatic carbocycles. The van der Waals surface area contributed by atoms with Gasteiger partial charge >= 0.3 is 6.18 Å². The van der Waals surface area contributed by atoms with Crippen molar-refractivity contribution in [2.45, 2.75) is 57.3 Å².